The molecule has 0 saturated heterocycles. The Labute approximate surface area is 283 Å². The quantitative estimate of drug-likeness (QED) is 0.231. The highest BCUT2D eigenvalue weighted by atomic mass is 14.9. The average molecular weight is 630 g/mol. The van der Waals surface area contributed by atoms with Gasteiger partial charge >= 0.3 is 0 Å². The first-order valence-electron chi connectivity index (χ1n) is 16.9. The first-order chi connectivity index (χ1) is 20.6. The highest BCUT2D eigenvalue weighted by molar-refractivity contribution is 5.62. The van der Waals surface area contributed by atoms with Gasteiger partial charge in [0.15, 0.2) is 0 Å². The van der Waals surface area contributed by atoms with Gasteiger partial charge in [0.05, 0.1) is 22.8 Å². The lowest BCUT2D eigenvalue weighted by molar-refractivity contribution is 0.581. The van der Waals surface area contributed by atoms with E-state index < -0.39 is 0 Å². The molecule has 2 aromatic heterocycles. The molecule has 0 unspecified atom stereocenters. The van der Waals surface area contributed by atoms with Crippen LogP contribution in [0.5, 0.6) is 0 Å². The van der Waals surface area contributed by atoms with Gasteiger partial charge in [-0.1, -0.05) is 89.3 Å². The number of anilines is 3. The summed E-state index contributed by atoms with van der Waals surface area (Å²) in [6, 6.07) is 6.86. The molecule has 5 heteroatoms. The lowest BCUT2D eigenvalue weighted by atomic mass is 9.82. The fourth-order valence-electron chi connectivity index (χ4n) is 6.57. The van der Waals surface area contributed by atoms with E-state index in [1.807, 2.05) is 6.20 Å². The topological polar surface area (TPSA) is 61.9 Å². The second-order valence-electron chi connectivity index (χ2n) is 16.0. The fraction of sp³-hybridized carbons (Fsp3) is 0.610. The van der Waals surface area contributed by atoms with Crippen LogP contribution in [0, 0.1) is 13.8 Å². The lowest BCUT2D eigenvalue weighted by Gasteiger charge is -2.27. The summed E-state index contributed by atoms with van der Waals surface area (Å²) in [5.41, 5.74) is 15.5. The fourth-order valence-corrected chi connectivity index (χ4v) is 6.57. The van der Waals surface area contributed by atoms with Crippen molar-refractivity contribution in [1.82, 2.24) is 9.97 Å². The Morgan fingerprint density at radius 2 is 1.09 bits per heavy atom. The monoisotopic (exact) mass is 630 g/mol. The highest BCUT2D eigenvalue weighted by Gasteiger charge is 2.23. The Hall–Kier alpha value is -3.08. The number of nitrogens with one attached hydrogen (secondary N) is 3. The molecule has 0 fully saturated rings. The minimum absolute atomic E-state index is 0. The molecule has 3 N–H and O–H groups in total. The van der Waals surface area contributed by atoms with E-state index in [1.165, 1.54) is 87.5 Å². The maximum Gasteiger partial charge on any atom is 0.0638 e. The van der Waals surface area contributed by atoms with Crippen LogP contribution in [0.1, 0.15) is 141 Å². The maximum absolute atomic E-state index is 4.58. The van der Waals surface area contributed by atoms with Gasteiger partial charge in [-0.15, -0.1) is 0 Å². The molecule has 5 heterocycles. The molecule has 5 nitrogen and oxygen atoms in total. The Morgan fingerprint density at radius 3 is 1.70 bits per heavy atom. The van der Waals surface area contributed by atoms with Gasteiger partial charge in [0.1, 0.15) is 0 Å². The van der Waals surface area contributed by atoms with Crippen LogP contribution >= 0.6 is 0 Å². The Kier molecular flexibility index (Phi) is 13.3. The molecule has 0 amide bonds. The zero-order chi connectivity index (χ0) is 32.3. The summed E-state index contributed by atoms with van der Waals surface area (Å²) in [4.78, 5) is 9.11. The van der Waals surface area contributed by atoms with Crippen LogP contribution in [0.25, 0.3) is 0 Å². The molecule has 46 heavy (non-hydrogen) atoms. The first kappa shape index (κ1) is 39.1. The van der Waals surface area contributed by atoms with Gasteiger partial charge < -0.3 is 16.0 Å². The van der Waals surface area contributed by atoms with Crippen molar-refractivity contribution in [2.24, 2.45) is 0 Å². The Balaban J connectivity index is 0.000000235. The van der Waals surface area contributed by atoms with Crippen LogP contribution in [0.15, 0.2) is 30.6 Å². The van der Waals surface area contributed by atoms with E-state index in [4.69, 9.17) is 0 Å². The second kappa shape index (κ2) is 15.7. The minimum Gasteiger partial charge on any atom is -0.385 e. The zero-order valence-corrected chi connectivity index (χ0v) is 29.6. The molecule has 1 aromatic carbocycles. The number of pyridine rings is 2. The first-order valence-corrected chi connectivity index (χ1v) is 16.9. The van der Waals surface area contributed by atoms with E-state index in [-0.39, 0.29) is 31.1 Å². The summed E-state index contributed by atoms with van der Waals surface area (Å²) in [7, 11) is 0. The number of hydrogen-bond acceptors (Lipinski definition) is 5. The van der Waals surface area contributed by atoms with Gasteiger partial charge in [-0.2, -0.15) is 0 Å². The van der Waals surface area contributed by atoms with E-state index in [9.17, 15) is 0 Å². The number of aryl methyl sites for hydroxylation is 3. The summed E-state index contributed by atoms with van der Waals surface area (Å²) in [5, 5.41) is 10.4. The predicted octanol–water partition coefficient (Wildman–Crippen LogP) is 10.7. The molecule has 0 bridgehead atoms. The van der Waals surface area contributed by atoms with Gasteiger partial charge in [-0.3, -0.25) is 9.97 Å². The summed E-state index contributed by atoms with van der Waals surface area (Å²) >= 11 is 0. The van der Waals surface area contributed by atoms with E-state index in [0.29, 0.717) is 0 Å². The van der Waals surface area contributed by atoms with Gasteiger partial charge in [0.25, 0.3) is 0 Å². The van der Waals surface area contributed by atoms with Crippen LogP contribution in [-0.4, -0.2) is 29.6 Å². The van der Waals surface area contributed by atoms with Crippen molar-refractivity contribution in [3.63, 3.8) is 0 Å². The number of rotatable bonds is 0. The zero-order valence-electron chi connectivity index (χ0n) is 29.6. The number of fused-ring (bicyclic) bond motifs is 3. The third kappa shape index (κ3) is 9.48. The predicted molar refractivity (Wildman–Crippen MR) is 204 cm³/mol. The molecule has 6 rings (SSSR count). The molecular weight excluding hydrogens is 562 g/mol. The van der Waals surface area contributed by atoms with Crippen molar-refractivity contribution in [1.29, 1.82) is 0 Å². The molecule has 3 aliphatic rings. The van der Waals surface area contributed by atoms with Crippen molar-refractivity contribution in [3.8, 4) is 0 Å². The van der Waals surface area contributed by atoms with Crippen LogP contribution < -0.4 is 16.0 Å². The number of aromatic nitrogens is 2. The minimum atomic E-state index is 0. The van der Waals surface area contributed by atoms with E-state index >= 15 is 0 Å². The summed E-state index contributed by atoms with van der Waals surface area (Å²) in [6.07, 6.45) is 11.2. The molecule has 0 spiro atoms. The Bertz CT molecular complexity index is 1360. The van der Waals surface area contributed by atoms with E-state index in [2.05, 4.69) is 126 Å². The average Bonchev–Trinajstić information content (AvgIpc) is 2.96. The largest absolute Gasteiger partial charge is 0.385 e. The Morgan fingerprint density at radius 1 is 0.565 bits per heavy atom. The number of hydrogen-bond donors (Lipinski definition) is 3. The number of nitrogens with zero attached hydrogens (tertiary/aromatic N) is 2. The molecule has 0 aliphatic carbocycles. The van der Waals surface area contributed by atoms with E-state index in [1.54, 1.807) is 0 Å². The smallest absolute Gasteiger partial charge is 0.0638 e. The van der Waals surface area contributed by atoms with Gasteiger partial charge in [-0.25, -0.2) is 0 Å². The van der Waals surface area contributed by atoms with Gasteiger partial charge in [-0.05, 0) is 108 Å². The van der Waals surface area contributed by atoms with Crippen LogP contribution in [0.3, 0.4) is 0 Å². The SMILES string of the molecule is C.C.CC(C)(C)c1cnc2c(c1)NCCC2.Cc1c(C(C)(C)C)ccc2c1NCCC2.Cc1c(C(C)(C)C)cnc2c1NCCC2. The molecule has 3 aromatic rings. The van der Waals surface area contributed by atoms with Crippen molar-refractivity contribution in [2.45, 2.75) is 146 Å². The van der Waals surface area contributed by atoms with Crippen molar-refractivity contribution < 1.29 is 0 Å². The normalized spacial score (nSPS) is 15.1. The maximum atomic E-state index is 4.58. The van der Waals surface area contributed by atoms with Gasteiger partial charge in [0, 0.05) is 37.7 Å². The molecule has 256 valence electrons. The van der Waals surface area contributed by atoms with Crippen molar-refractivity contribution in [3.05, 3.63) is 75.4 Å². The molecule has 0 saturated carbocycles. The van der Waals surface area contributed by atoms with Crippen LogP contribution in [-0.2, 0) is 35.5 Å². The van der Waals surface area contributed by atoms with Crippen LogP contribution in [0.4, 0.5) is 17.1 Å². The third-order valence-corrected chi connectivity index (χ3v) is 9.14. The van der Waals surface area contributed by atoms with E-state index in [0.717, 1.165) is 32.5 Å². The summed E-state index contributed by atoms with van der Waals surface area (Å²) in [5.74, 6) is 0. The molecule has 3 aliphatic heterocycles. The molecule has 0 radical (unpaired) electrons. The molecular formula is C41H67N5. The third-order valence-electron chi connectivity index (χ3n) is 9.14. The van der Waals surface area contributed by atoms with Crippen LogP contribution in [0.2, 0.25) is 0 Å². The van der Waals surface area contributed by atoms with Crippen molar-refractivity contribution in [2.75, 3.05) is 35.6 Å². The number of benzene rings is 1. The summed E-state index contributed by atoms with van der Waals surface area (Å²) in [6.45, 7) is 28.0. The second-order valence-corrected chi connectivity index (χ2v) is 16.0. The van der Waals surface area contributed by atoms with Gasteiger partial charge in [0.2, 0.25) is 0 Å². The standard InChI is InChI=1S/C14H21N.C13H20N2.C12H18N2.2CH4/c1-10-12(14(2,3)4)8-7-11-6-5-9-15-13(10)11;1-9-10(13(2,3)4)8-15-11-6-5-7-14-12(9)11;1-12(2,3)9-7-11-10(14-8-9)5-4-6-13-11;;/h7-8,15H,5-6,9H2,1-4H3;8,14H,5-7H2,1-4H3;7-8,13H,4-6H2,1-3H3;2*1H4. The molecule has 0 atom stereocenters. The van der Waals surface area contributed by atoms with Crippen molar-refractivity contribution >= 4 is 17.1 Å². The lowest BCUT2D eigenvalue weighted by Crippen LogP contribution is -2.20. The highest BCUT2D eigenvalue weighted by Crippen LogP contribution is 2.35. The summed E-state index contributed by atoms with van der Waals surface area (Å²) < 4.78 is 0.